The van der Waals surface area contributed by atoms with Gasteiger partial charge >= 0.3 is 5.97 Å². The Labute approximate surface area is 128 Å². The number of ether oxygens (including phenoxy) is 1. The fourth-order valence-electron chi connectivity index (χ4n) is 2.00. The fraction of sp³-hybridized carbons (Fsp3) is 0.176. The van der Waals surface area contributed by atoms with Crippen LogP contribution < -0.4 is 5.32 Å². The van der Waals surface area contributed by atoms with Gasteiger partial charge in [0.05, 0.1) is 24.4 Å². The summed E-state index contributed by atoms with van der Waals surface area (Å²) in [6.45, 7) is 10.8. The van der Waals surface area contributed by atoms with Crippen LogP contribution in [-0.4, -0.2) is 12.6 Å². The van der Waals surface area contributed by atoms with E-state index in [0.717, 1.165) is 0 Å². The van der Waals surface area contributed by atoms with Crippen LogP contribution in [0.5, 0.6) is 0 Å². The summed E-state index contributed by atoms with van der Waals surface area (Å²) >= 11 is 0. The molecule has 2 rings (SSSR count). The molecule has 2 aromatic rings. The molecular weight excluding hydrogens is 283 g/mol. The number of benzene rings is 2. The van der Waals surface area contributed by atoms with Crippen molar-refractivity contribution in [2.75, 3.05) is 11.9 Å². The number of nitrogens with one attached hydrogen (secondary N) is 1. The highest BCUT2D eigenvalue weighted by Crippen LogP contribution is 2.28. The number of hydrogen-bond acceptors (Lipinski definition) is 3. The van der Waals surface area contributed by atoms with Crippen LogP contribution in [0.3, 0.4) is 0 Å². The van der Waals surface area contributed by atoms with E-state index in [-0.39, 0.29) is 18.0 Å². The van der Waals surface area contributed by atoms with Crippen molar-refractivity contribution in [3.05, 3.63) is 64.8 Å². The van der Waals surface area contributed by atoms with Crippen molar-refractivity contribution < 1.29 is 13.9 Å². The molecule has 0 radical (unpaired) electrons. The Morgan fingerprint density at radius 3 is 2.64 bits per heavy atom. The zero-order valence-corrected chi connectivity index (χ0v) is 12.3. The number of anilines is 2. The molecule has 0 spiro atoms. The highest BCUT2D eigenvalue weighted by atomic mass is 19.1. The Balaban J connectivity index is 2.41. The second-order valence-electron chi connectivity index (χ2n) is 4.65. The molecule has 0 bridgehead atoms. The molecular formula is C17H15FN2O2. The molecule has 0 amide bonds. The molecule has 0 aromatic heterocycles. The van der Waals surface area contributed by atoms with Gasteiger partial charge in [-0.15, -0.1) is 0 Å². The maximum atomic E-state index is 13.2. The van der Waals surface area contributed by atoms with Gasteiger partial charge in [-0.3, -0.25) is 0 Å². The Morgan fingerprint density at radius 2 is 2.00 bits per heavy atom. The largest absolute Gasteiger partial charge is 0.462 e. The van der Waals surface area contributed by atoms with Gasteiger partial charge in [-0.2, -0.15) is 0 Å². The maximum absolute atomic E-state index is 13.2. The van der Waals surface area contributed by atoms with E-state index >= 15 is 0 Å². The quantitative estimate of drug-likeness (QED) is 0.662. The summed E-state index contributed by atoms with van der Waals surface area (Å²) in [5, 5.41) is 3.09. The standard InChI is InChI=1S/C17H15FN2O2/c1-4-22-17(21)14-10-13(19-3)6-8-16(14)20-15-7-5-12(18)9-11(15)2/h5-10,20H,4H2,1-2H3. The minimum Gasteiger partial charge on any atom is -0.462 e. The van der Waals surface area contributed by atoms with Crippen LogP contribution in [0.2, 0.25) is 0 Å². The number of nitrogens with zero attached hydrogens (tertiary/aromatic N) is 1. The monoisotopic (exact) mass is 298 g/mol. The minimum atomic E-state index is -0.504. The second kappa shape index (κ2) is 6.72. The van der Waals surface area contributed by atoms with E-state index in [9.17, 15) is 9.18 Å². The molecule has 5 heteroatoms. The van der Waals surface area contributed by atoms with Gasteiger partial charge in [0.25, 0.3) is 0 Å². The van der Waals surface area contributed by atoms with Crippen molar-refractivity contribution in [3.63, 3.8) is 0 Å². The van der Waals surface area contributed by atoms with Gasteiger partial charge in [0.1, 0.15) is 5.82 Å². The molecule has 1 N–H and O–H groups in total. The van der Waals surface area contributed by atoms with Crippen molar-refractivity contribution in [1.82, 2.24) is 0 Å². The first-order chi connectivity index (χ1) is 10.5. The van der Waals surface area contributed by atoms with Gasteiger partial charge in [-0.25, -0.2) is 14.0 Å². The molecule has 22 heavy (non-hydrogen) atoms. The maximum Gasteiger partial charge on any atom is 0.338 e. The van der Waals surface area contributed by atoms with Crippen molar-refractivity contribution in [2.24, 2.45) is 0 Å². The zero-order chi connectivity index (χ0) is 16.1. The van der Waals surface area contributed by atoms with E-state index in [1.807, 2.05) is 0 Å². The molecule has 0 aliphatic heterocycles. The van der Waals surface area contributed by atoms with Crippen LogP contribution in [0.15, 0.2) is 36.4 Å². The van der Waals surface area contributed by atoms with E-state index in [2.05, 4.69) is 10.2 Å². The molecule has 0 saturated heterocycles. The number of hydrogen-bond donors (Lipinski definition) is 1. The molecule has 0 aliphatic carbocycles. The van der Waals surface area contributed by atoms with Crippen LogP contribution in [0.25, 0.3) is 4.85 Å². The highest BCUT2D eigenvalue weighted by molar-refractivity contribution is 5.97. The first-order valence-corrected chi connectivity index (χ1v) is 6.77. The van der Waals surface area contributed by atoms with E-state index in [4.69, 9.17) is 11.3 Å². The van der Waals surface area contributed by atoms with Crippen LogP contribution in [0.4, 0.5) is 21.5 Å². The number of aryl methyl sites for hydroxylation is 1. The van der Waals surface area contributed by atoms with Crippen LogP contribution >= 0.6 is 0 Å². The predicted molar refractivity (Wildman–Crippen MR) is 83.1 cm³/mol. The summed E-state index contributed by atoms with van der Waals surface area (Å²) in [7, 11) is 0. The van der Waals surface area contributed by atoms with E-state index < -0.39 is 5.97 Å². The topological polar surface area (TPSA) is 42.7 Å². The Morgan fingerprint density at radius 1 is 1.27 bits per heavy atom. The average Bonchev–Trinajstić information content (AvgIpc) is 2.50. The first-order valence-electron chi connectivity index (χ1n) is 6.77. The summed E-state index contributed by atoms with van der Waals surface area (Å²) in [5.41, 5.74) is 2.54. The summed E-state index contributed by atoms with van der Waals surface area (Å²) in [4.78, 5) is 15.4. The van der Waals surface area contributed by atoms with Crippen molar-refractivity contribution in [1.29, 1.82) is 0 Å². The van der Waals surface area contributed by atoms with Gasteiger partial charge in [-0.05, 0) is 49.7 Å². The third-order valence-corrected chi connectivity index (χ3v) is 3.09. The average molecular weight is 298 g/mol. The number of halogens is 1. The number of carbonyl (C=O) groups excluding carboxylic acids is 1. The van der Waals surface area contributed by atoms with Gasteiger partial charge in [0.2, 0.25) is 0 Å². The lowest BCUT2D eigenvalue weighted by atomic mass is 10.1. The van der Waals surface area contributed by atoms with E-state index in [1.165, 1.54) is 18.2 Å². The minimum absolute atomic E-state index is 0.246. The lowest BCUT2D eigenvalue weighted by molar-refractivity contribution is 0.0527. The van der Waals surface area contributed by atoms with Crippen molar-refractivity contribution in [2.45, 2.75) is 13.8 Å². The van der Waals surface area contributed by atoms with Crippen LogP contribution in [-0.2, 0) is 4.74 Å². The molecule has 0 unspecified atom stereocenters. The van der Waals surface area contributed by atoms with Gasteiger partial charge < -0.3 is 10.1 Å². The van der Waals surface area contributed by atoms with Gasteiger partial charge in [-0.1, -0.05) is 6.07 Å². The van der Waals surface area contributed by atoms with Crippen molar-refractivity contribution in [3.8, 4) is 0 Å². The molecule has 0 aliphatic rings. The molecule has 0 atom stereocenters. The third-order valence-electron chi connectivity index (χ3n) is 3.09. The normalized spacial score (nSPS) is 9.91. The number of carbonyl (C=O) groups is 1. The summed E-state index contributed by atoms with van der Waals surface area (Å²) in [5.74, 6) is -0.827. The number of rotatable bonds is 4. The molecule has 2 aromatic carbocycles. The lowest BCUT2D eigenvalue weighted by Gasteiger charge is -2.14. The summed E-state index contributed by atoms with van der Waals surface area (Å²) in [6.07, 6.45) is 0. The number of esters is 1. The summed E-state index contributed by atoms with van der Waals surface area (Å²) in [6, 6.07) is 9.07. The van der Waals surface area contributed by atoms with E-state index in [0.29, 0.717) is 22.6 Å². The molecule has 0 saturated carbocycles. The Bertz CT molecular complexity index is 751. The van der Waals surface area contributed by atoms with Crippen LogP contribution in [0.1, 0.15) is 22.8 Å². The lowest BCUT2D eigenvalue weighted by Crippen LogP contribution is -2.08. The first kappa shape index (κ1) is 15.5. The SMILES string of the molecule is [C-]#[N+]c1ccc(Nc2ccc(F)cc2C)c(C(=O)OCC)c1. The molecule has 0 heterocycles. The molecule has 112 valence electrons. The zero-order valence-electron chi connectivity index (χ0n) is 12.3. The van der Waals surface area contributed by atoms with Crippen LogP contribution in [0, 0.1) is 19.3 Å². The van der Waals surface area contributed by atoms with E-state index in [1.54, 1.807) is 32.0 Å². The Hall–Kier alpha value is -2.87. The second-order valence-corrected chi connectivity index (χ2v) is 4.65. The fourth-order valence-corrected chi connectivity index (χ4v) is 2.00. The molecule has 0 fully saturated rings. The van der Waals surface area contributed by atoms with Gasteiger partial charge in [0.15, 0.2) is 5.69 Å². The highest BCUT2D eigenvalue weighted by Gasteiger charge is 2.14. The van der Waals surface area contributed by atoms with Crippen molar-refractivity contribution >= 4 is 23.0 Å². The summed E-state index contributed by atoms with van der Waals surface area (Å²) < 4.78 is 18.2. The molecule has 4 nitrogen and oxygen atoms in total. The smallest absolute Gasteiger partial charge is 0.338 e. The van der Waals surface area contributed by atoms with Gasteiger partial charge in [0, 0.05) is 5.69 Å². The predicted octanol–water partition coefficient (Wildman–Crippen LogP) is 4.61. The Kier molecular flexibility index (Phi) is 4.74. The third kappa shape index (κ3) is 3.41.